The number of aromatic nitrogens is 2. The van der Waals surface area contributed by atoms with Gasteiger partial charge in [-0.05, 0) is 30.3 Å². The van der Waals surface area contributed by atoms with E-state index in [0.29, 0.717) is 23.0 Å². The summed E-state index contributed by atoms with van der Waals surface area (Å²) in [6, 6.07) is 13.0. The van der Waals surface area contributed by atoms with Crippen LogP contribution in [0.15, 0.2) is 60.3 Å². The molecule has 0 aliphatic rings. The molecule has 3 rings (SSSR count). The van der Waals surface area contributed by atoms with Gasteiger partial charge < -0.3 is 14.6 Å². The highest BCUT2D eigenvalue weighted by Gasteiger charge is 2.12. The van der Waals surface area contributed by atoms with E-state index in [-0.39, 0.29) is 11.7 Å². The second-order valence-corrected chi connectivity index (χ2v) is 6.82. The summed E-state index contributed by atoms with van der Waals surface area (Å²) in [5.74, 6) is 0.676. The normalized spacial score (nSPS) is 10.7. The number of hydrogen-bond donors (Lipinski definition) is 1. The van der Waals surface area contributed by atoms with E-state index in [0.717, 1.165) is 16.2 Å². The number of thioether (sulfide) groups is 1. The van der Waals surface area contributed by atoms with Crippen molar-refractivity contribution in [2.45, 2.75) is 11.7 Å². The minimum atomic E-state index is -0.131. The molecule has 0 saturated carbocycles. The van der Waals surface area contributed by atoms with Crippen molar-refractivity contribution in [3.05, 3.63) is 60.1 Å². The van der Waals surface area contributed by atoms with Crippen molar-refractivity contribution in [2.75, 3.05) is 18.2 Å². The molecule has 0 radical (unpaired) electrons. The summed E-state index contributed by atoms with van der Waals surface area (Å²) in [5.41, 5.74) is 2.55. The van der Waals surface area contributed by atoms with E-state index in [2.05, 4.69) is 16.9 Å². The van der Waals surface area contributed by atoms with Crippen LogP contribution in [0.25, 0.3) is 11.0 Å². The highest BCUT2D eigenvalue weighted by Crippen LogP contribution is 2.28. The Hall–Kier alpha value is -2.44. The van der Waals surface area contributed by atoms with Crippen LogP contribution in [0.2, 0.25) is 5.02 Å². The van der Waals surface area contributed by atoms with Gasteiger partial charge in [-0.3, -0.25) is 4.79 Å². The topological polar surface area (TPSA) is 56.2 Å². The summed E-state index contributed by atoms with van der Waals surface area (Å²) in [4.78, 5) is 16.9. The van der Waals surface area contributed by atoms with Crippen LogP contribution in [0.1, 0.15) is 0 Å². The number of allylic oxidation sites excluding steroid dienone is 1. The van der Waals surface area contributed by atoms with Crippen LogP contribution in [0, 0.1) is 0 Å². The number of carbonyl (C=O) groups excluding carboxylic acids is 1. The lowest BCUT2D eigenvalue weighted by atomic mass is 10.3. The van der Waals surface area contributed by atoms with Crippen LogP contribution in [0.4, 0.5) is 5.69 Å². The van der Waals surface area contributed by atoms with Crippen molar-refractivity contribution in [3.63, 3.8) is 0 Å². The molecule has 0 aliphatic heterocycles. The number of benzene rings is 2. The molecule has 1 amide bonds. The van der Waals surface area contributed by atoms with Gasteiger partial charge in [0.15, 0.2) is 5.16 Å². The van der Waals surface area contributed by atoms with Gasteiger partial charge >= 0.3 is 0 Å². The lowest BCUT2D eigenvalue weighted by molar-refractivity contribution is -0.113. The Morgan fingerprint density at radius 1 is 1.38 bits per heavy atom. The largest absolute Gasteiger partial charge is 0.495 e. The number of carbonyl (C=O) groups is 1. The van der Waals surface area contributed by atoms with Crippen molar-refractivity contribution >= 4 is 46.0 Å². The van der Waals surface area contributed by atoms with Crippen LogP contribution in [0.3, 0.4) is 0 Å². The zero-order chi connectivity index (χ0) is 18.5. The summed E-state index contributed by atoms with van der Waals surface area (Å²) < 4.78 is 7.15. The minimum absolute atomic E-state index is 0.131. The Balaban J connectivity index is 1.69. The first-order valence-corrected chi connectivity index (χ1v) is 9.31. The Kier molecular flexibility index (Phi) is 5.85. The molecule has 1 heterocycles. The van der Waals surface area contributed by atoms with Crippen LogP contribution < -0.4 is 10.1 Å². The summed E-state index contributed by atoms with van der Waals surface area (Å²) in [5, 5.41) is 4.07. The number of para-hydroxylation sites is 2. The molecule has 0 fully saturated rings. The van der Waals surface area contributed by atoms with Gasteiger partial charge in [0, 0.05) is 12.2 Å². The number of halogens is 1. The SMILES string of the molecule is C=CCn1c(SCC(=O)Nc2ccc(OC)c(Cl)c2)nc2ccccc21. The zero-order valence-electron chi connectivity index (χ0n) is 14.2. The number of imidazole rings is 1. The molecule has 3 aromatic rings. The maximum atomic E-state index is 12.3. The second-order valence-electron chi connectivity index (χ2n) is 5.47. The molecule has 0 saturated heterocycles. The molecule has 1 aromatic heterocycles. The fourth-order valence-electron chi connectivity index (χ4n) is 2.54. The third kappa shape index (κ3) is 4.03. The molecule has 0 bridgehead atoms. The fraction of sp³-hybridized carbons (Fsp3) is 0.158. The van der Waals surface area contributed by atoms with Gasteiger partial charge in [-0.25, -0.2) is 4.98 Å². The molecule has 7 heteroatoms. The Morgan fingerprint density at radius 2 is 2.19 bits per heavy atom. The Morgan fingerprint density at radius 3 is 2.92 bits per heavy atom. The highest BCUT2D eigenvalue weighted by molar-refractivity contribution is 7.99. The summed E-state index contributed by atoms with van der Waals surface area (Å²) in [6.07, 6.45) is 1.82. The van der Waals surface area contributed by atoms with Gasteiger partial charge in [-0.15, -0.1) is 6.58 Å². The van der Waals surface area contributed by atoms with Gasteiger partial charge in [-0.1, -0.05) is 41.6 Å². The molecule has 26 heavy (non-hydrogen) atoms. The molecule has 0 unspecified atom stereocenters. The Labute approximate surface area is 161 Å². The van der Waals surface area contributed by atoms with Crippen molar-refractivity contribution < 1.29 is 9.53 Å². The molecule has 1 N–H and O–H groups in total. The third-order valence-electron chi connectivity index (χ3n) is 3.70. The Bertz CT molecular complexity index is 955. The average molecular weight is 388 g/mol. The summed E-state index contributed by atoms with van der Waals surface area (Å²) in [7, 11) is 1.55. The van der Waals surface area contributed by atoms with Gasteiger partial charge in [0.25, 0.3) is 0 Å². The van der Waals surface area contributed by atoms with Gasteiger partial charge in [-0.2, -0.15) is 0 Å². The smallest absolute Gasteiger partial charge is 0.234 e. The van der Waals surface area contributed by atoms with E-state index in [1.54, 1.807) is 25.3 Å². The van der Waals surface area contributed by atoms with Crippen molar-refractivity contribution in [2.24, 2.45) is 0 Å². The van der Waals surface area contributed by atoms with Crippen molar-refractivity contribution in [1.82, 2.24) is 9.55 Å². The number of anilines is 1. The van der Waals surface area contributed by atoms with Crippen LogP contribution in [-0.4, -0.2) is 28.3 Å². The van der Waals surface area contributed by atoms with E-state index in [9.17, 15) is 4.79 Å². The second kappa shape index (κ2) is 8.29. The molecule has 0 aliphatic carbocycles. The number of fused-ring (bicyclic) bond motifs is 1. The average Bonchev–Trinajstić information content (AvgIpc) is 2.98. The van der Waals surface area contributed by atoms with Crippen LogP contribution in [0.5, 0.6) is 5.75 Å². The first-order chi connectivity index (χ1) is 12.6. The van der Waals surface area contributed by atoms with Gasteiger partial charge in [0.05, 0.1) is 28.9 Å². The maximum absolute atomic E-state index is 12.3. The first kappa shape index (κ1) is 18.4. The molecule has 0 spiro atoms. The molecular weight excluding hydrogens is 370 g/mol. The van der Waals surface area contributed by atoms with E-state index in [4.69, 9.17) is 16.3 Å². The zero-order valence-corrected chi connectivity index (χ0v) is 15.8. The van der Waals surface area contributed by atoms with Crippen molar-refractivity contribution in [3.8, 4) is 5.75 Å². The molecular formula is C19H18ClN3O2S. The standard InChI is InChI=1S/C19H18ClN3O2S/c1-3-10-23-16-7-5-4-6-15(16)22-19(23)26-12-18(24)21-13-8-9-17(25-2)14(20)11-13/h3-9,11H,1,10,12H2,2H3,(H,21,24). The predicted octanol–water partition coefficient (Wildman–Crippen LogP) is 4.62. The van der Waals surface area contributed by atoms with Gasteiger partial charge in [0.2, 0.25) is 5.91 Å². The molecule has 0 atom stereocenters. The lowest BCUT2D eigenvalue weighted by Crippen LogP contribution is -2.14. The molecule has 5 nitrogen and oxygen atoms in total. The number of nitrogens with one attached hydrogen (secondary N) is 1. The monoisotopic (exact) mass is 387 g/mol. The first-order valence-electron chi connectivity index (χ1n) is 7.94. The number of amides is 1. The number of hydrogen-bond acceptors (Lipinski definition) is 4. The summed E-state index contributed by atoms with van der Waals surface area (Å²) in [6.45, 7) is 4.43. The van der Waals surface area contributed by atoms with E-state index >= 15 is 0 Å². The number of rotatable bonds is 7. The predicted molar refractivity (Wildman–Crippen MR) is 107 cm³/mol. The van der Waals surface area contributed by atoms with E-state index in [1.165, 1.54) is 11.8 Å². The van der Waals surface area contributed by atoms with Crippen LogP contribution >= 0.6 is 23.4 Å². The lowest BCUT2D eigenvalue weighted by Gasteiger charge is -2.08. The number of ether oxygens (including phenoxy) is 1. The fourth-order valence-corrected chi connectivity index (χ4v) is 3.62. The number of methoxy groups -OCH3 is 1. The quantitative estimate of drug-likeness (QED) is 0.475. The van der Waals surface area contributed by atoms with Crippen LogP contribution in [-0.2, 0) is 11.3 Å². The van der Waals surface area contributed by atoms with E-state index < -0.39 is 0 Å². The summed E-state index contributed by atoms with van der Waals surface area (Å²) >= 11 is 7.47. The third-order valence-corrected chi connectivity index (χ3v) is 4.97. The van der Waals surface area contributed by atoms with Gasteiger partial charge in [0.1, 0.15) is 5.75 Å². The van der Waals surface area contributed by atoms with Crippen molar-refractivity contribution in [1.29, 1.82) is 0 Å². The molecule has 134 valence electrons. The molecule has 2 aromatic carbocycles. The minimum Gasteiger partial charge on any atom is -0.495 e. The van der Waals surface area contributed by atoms with E-state index in [1.807, 2.05) is 34.9 Å². The maximum Gasteiger partial charge on any atom is 0.234 e. The number of nitrogens with zero attached hydrogens (tertiary/aromatic N) is 2. The highest BCUT2D eigenvalue weighted by atomic mass is 35.5.